The van der Waals surface area contributed by atoms with Gasteiger partial charge < -0.3 is 20.1 Å². The molecule has 0 saturated carbocycles. The molecule has 23 heavy (non-hydrogen) atoms. The van der Waals surface area contributed by atoms with E-state index in [2.05, 4.69) is 15.6 Å². The van der Waals surface area contributed by atoms with E-state index in [0.717, 1.165) is 19.4 Å². The second-order valence-corrected chi connectivity index (χ2v) is 5.44. The van der Waals surface area contributed by atoms with Crippen molar-refractivity contribution in [2.24, 2.45) is 0 Å². The summed E-state index contributed by atoms with van der Waals surface area (Å²) in [5.74, 6) is -0.444. The summed E-state index contributed by atoms with van der Waals surface area (Å²) in [4.78, 5) is 28.2. The smallest absolute Gasteiger partial charge is 0.340 e. The minimum atomic E-state index is -0.444. The lowest BCUT2D eigenvalue weighted by Crippen LogP contribution is -2.35. The van der Waals surface area contributed by atoms with Gasteiger partial charge in [-0.05, 0) is 39.7 Å². The molecule has 0 radical (unpaired) electrons. The van der Waals surface area contributed by atoms with Crippen LogP contribution in [0, 0.1) is 13.8 Å². The molecule has 1 saturated heterocycles. The molecule has 1 fully saturated rings. The lowest BCUT2D eigenvalue weighted by molar-refractivity contribution is 0.0525. The van der Waals surface area contributed by atoms with Crippen LogP contribution < -0.4 is 10.6 Å². The van der Waals surface area contributed by atoms with Gasteiger partial charge in [-0.3, -0.25) is 4.98 Å². The van der Waals surface area contributed by atoms with Crippen molar-refractivity contribution in [3.8, 4) is 0 Å². The summed E-state index contributed by atoms with van der Waals surface area (Å²) in [6, 6.07) is 1.26. The van der Waals surface area contributed by atoms with Crippen LogP contribution in [-0.2, 0) is 9.47 Å². The predicted molar refractivity (Wildman–Crippen MR) is 85.7 cm³/mol. The number of hydrogen-bond acceptors (Lipinski definition) is 5. The van der Waals surface area contributed by atoms with E-state index in [1.54, 1.807) is 26.8 Å². The van der Waals surface area contributed by atoms with Gasteiger partial charge in [-0.15, -0.1) is 0 Å². The molecule has 0 spiro atoms. The molecule has 2 rings (SSSR count). The Morgan fingerprint density at radius 1 is 1.39 bits per heavy atom. The maximum atomic E-state index is 12.0. The number of amides is 2. The summed E-state index contributed by atoms with van der Waals surface area (Å²) in [7, 11) is 0. The fourth-order valence-corrected chi connectivity index (χ4v) is 2.45. The molecule has 1 atom stereocenters. The highest BCUT2D eigenvalue weighted by atomic mass is 16.5. The molecule has 2 amide bonds. The predicted octanol–water partition coefficient (Wildman–Crippen LogP) is 2.18. The van der Waals surface area contributed by atoms with Crippen LogP contribution >= 0.6 is 0 Å². The number of rotatable bonds is 5. The van der Waals surface area contributed by atoms with Crippen LogP contribution in [0.5, 0.6) is 0 Å². The molecule has 1 aromatic rings. The van der Waals surface area contributed by atoms with Crippen molar-refractivity contribution in [1.82, 2.24) is 10.3 Å². The second-order valence-electron chi connectivity index (χ2n) is 5.44. The Balaban J connectivity index is 2.01. The lowest BCUT2D eigenvalue weighted by atomic mass is 10.1. The van der Waals surface area contributed by atoms with Gasteiger partial charge in [0.15, 0.2) is 0 Å². The Morgan fingerprint density at radius 3 is 2.83 bits per heavy atom. The summed E-state index contributed by atoms with van der Waals surface area (Å²) in [6.07, 6.45) is 2.06. The Kier molecular flexibility index (Phi) is 5.92. The zero-order valence-electron chi connectivity index (χ0n) is 13.8. The fourth-order valence-electron chi connectivity index (χ4n) is 2.45. The number of carbonyl (C=O) groups is 2. The molecule has 0 aromatic carbocycles. The Morgan fingerprint density at radius 2 is 2.17 bits per heavy atom. The number of nitrogens with zero attached hydrogens (tertiary/aromatic N) is 1. The third-order valence-corrected chi connectivity index (χ3v) is 3.66. The van der Waals surface area contributed by atoms with Crippen LogP contribution in [-0.4, -0.2) is 42.8 Å². The lowest BCUT2D eigenvalue weighted by Gasteiger charge is -2.14. The summed E-state index contributed by atoms with van der Waals surface area (Å²) >= 11 is 0. The average molecular weight is 321 g/mol. The SMILES string of the molecule is CCOC(=O)c1cc(NC(=O)NC[C@@H]2CCCO2)c(C)nc1C. The van der Waals surface area contributed by atoms with Crippen molar-refractivity contribution in [3.05, 3.63) is 23.0 Å². The van der Waals surface area contributed by atoms with E-state index < -0.39 is 5.97 Å². The van der Waals surface area contributed by atoms with Crippen LogP contribution in [0.2, 0.25) is 0 Å². The Bertz CT molecular complexity index is 583. The number of carbonyl (C=O) groups excluding carboxylic acids is 2. The fraction of sp³-hybridized carbons (Fsp3) is 0.562. The Hall–Kier alpha value is -2.15. The minimum absolute atomic E-state index is 0.0769. The molecule has 1 aliphatic rings. The van der Waals surface area contributed by atoms with Crippen LogP contribution in [0.15, 0.2) is 6.07 Å². The maximum absolute atomic E-state index is 12.0. The van der Waals surface area contributed by atoms with Gasteiger partial charge >= 0.3 is 12.0 Å². The van der Waals surface area contributed by atoms with Crippen molar-refractivity contribution in [3.63, 3.8) is 0 Å². The minimum Gasteiger partial charge on any atom is -0.462 e. The third-order valence-electron chi connectivity index (χ3n) is 3.66. The highest BCUT2D eigenvalue weighted by molar-refractivity contribution is 5.95. The standard InChI is InChI=1S/C16H23N3O4/c1-4-22-15(20)13-8-14(11(3)18-10(13)2)19-16(21)17-9-12-6-5-7-23-12/h8,12H,4-7,9H2,1-3H3,(H2,17,19,21)/t12-/m0/s1. The molecule has 7 nitrogen and oxygen atoms in total. The molecule has 0 bridgehead atoms. The molecule has 126 valence electrons. The molecule has 7 heteroatoms. The molecule has 2 N–H and O–H groups in total. The van der Waals surface area contributed by atoms with Crippen molar-refractivity contribution < 1.29 is 19.1 Å². The van der Waals surface area contributed by atoms with Crippen LogP contribution in [0.25, 0.3) is 0 Å². The van der Waals surface area contributed by atoms with Crippen molar-refractivity contribution in [2.75, 3.05) is 25.1 Å². The quantitative estimate of drug-likeness (QED) is 0.811. The monoisotopic (exact) mass is 321 g/mol. The van der Waals surface area contributed by atoms with Gasteiger partial charge in [-0.25, -0.2) is 9.59 Å². The van der Waals surface area contributed by atoms with Crippen molar-refractivity contribution in [2.45, 2.75) is 39.7 Å². The number of anilines is 1. The van der Waals surface area contributed by atoms with E-state index in [4.69, 9.17) is 9.47 Å². The van der Waals surface area contributed by atoms with Crippen LogP contribution in [0.4, 0.5) is 10.5 Å². The first kappa shape index (κ1) is 17.2. The summed E-state index contributed by atoms with van der Waals surface area (Å²) in [5.41, 5.74) is 2.06. The maximum Gasteiger partial charge on any atom is 0.340 e. The van der Waals surface area contributed by atoms with Gasteiger partial charge in [0, 0.05) is 13.2 Å². The zero-order valence-corrected chi connectivity index (χ0v) is 13.8. The third kappa shape index (κ3) is 4.66. The molecule has 1 aromatic heterocycles. The highest BCUT2D eigenvalue weighted by Crippen LogP contribution is 2.18. The number of hydrogen-bond donors (Lipinski definition) is 2. The average Bonchev–Trinajstić information content (AvgIpc) is 3.01. The van der Waals surface area contributed by atoms with Gasteiger partial charge in [0.05, 0.1) is 35.3 Å². The molecular formula is C16H23N3O4. The normalized spacial score (nSPS) is 16.9. The number of pyridine rings is 1. The summed E-state index contributed by atoms with van der Waals surface area (Å²) in [5, 5.41) is 5.49. The van der Waals surface area contributed by atoms with Gasteiger partial charge in [0.1, 0.15) is 0 Å². The van der Waals surface area contributed by atoms with E-state index in [-0.39, 0.29) is 18.7 Å². The summed E-state index contributed by atoms with van der Waals surface area (Å²) < 4.78 is 10.5. The van der Waals surface area contributed by atoms with E-state index in [1.807, 2.05) is 0 Å². The molecule has 2 heterocycles. The van der Waals surface area contributed by atoms with Crippen LogP contribution in [0.1, 0.15) is 41.5 Å². The molecule has 0 unspecified atom stereocenters. The first-order chi connectivity index (χ1) is 11.0. The number of esters is 1. The van der Waals surface area contributed by atoms with E-state index in [9.17, 15) is 9.59 Å². The first-order valence-corrected chi connectivity index (χ1v) is 7.83. The Labute approximate surface area is 135 Å². The van der Waals surface area contributed by atoms with E-state index in [1.165, 1.54) is 0 Å². The van der Waals surface area contributed by atoms with Gasteiger partial charge in [0.2, 0.25) is 0 Å². The van der Waals surface area contributed by atoms with Crippen molar-refractivity contribution in [1.29, 1.82) is 0 Å². The second kappa shape index (κ2) is 7.92. The van der Waals surface area contributed by atoms with Crippen LogP contribution in [0.3, 0.4) is 0 Å². The highest BCUT2D eigenvalue weighted by Gasteiger charge is 2.18. The molecular weight excluding hydrogens is 298 g/mol. The molecule has 1 aliphatic heterocycles. The number of ether oxygens (including phenoxy) is 2. The first-order valence-electron chi connectivity index (χ1n) is 7.83. The number of nitrogens with one attached hydrogen (secondary N) is 2. The van der Waals surface area contributed by atoms with Gasteiger partial charge in [-0.1, -0.05) is 0 Å². The summed E-state index contributed by atoms with van der Waals surface area (Å²) in [6.45, 7) is 6.76. The van der Waals surface area contributed by atoms with E-state index >= 15 is 0 Å². The topological polar surface area (TPSA) is 89.5 Å². The number of aromatic nitrogens is 1. The van der Waals surface area contributed by atoms with Crippen molar-refractivity contribution >= 4 is 17.7 Å². The number of aryl methyl sites for hydroxylation is 2. The number of urea groups is 1. The largest absolute Gasteiger partial charge is 0.462 e. The van der Waals surface area contributed by atoms with Gasteiger partial charge in [-0.2, -0.15) is 0 Å². The van der Waals surface area contributed by atoms with E-state index in [0.29, 0.717) is 29.2 Å². The zero-order chi connectivity index (χ0) is 16.8. The molecule has 0 aliphatic carbocycles. The van der Waals surface area contributed by atoms with Gasteiger partial charge in [0.25, 0.3) is 0 Å².